The molecule has 0 aromatic heterocycles. The second-order valence-corrected chi connectivity index (χ2v) is 6.88. The van der Waals surface area contributed by atoms with Crippen LogP contribution in [-0.4, -0.2) is 54.4 Å². The Hall–Kier alpha value is -1.30. The summed E-state index contributed by atoms with van der Waals surface area (Å²) in [7, 11) is 2.04. The van der Waals surface area contributed by atoms with Crippen LogP contribution in [0.5, 0.6) is 0 Å². The van der Waals surface area contributed by atoms with Gasteiger partial charge in [0.15, 0.2) is 0 Å². The summed E-state index contributed by atoms with van der Waals surface area (Å²) in [5.41, 5.74) is -0.520. The van der Waals surface area contributed by atoms with Crippen LogP contribution in [0.3, 0.4) is 0 Å². The van der Waals surface area contributed by atoms with Crippen LogP contribution in [0.1, 0.15) is 40.0 Å². The normalized spacial score (nSPS) is 24.2. The highest BCUT2D eigenvalue weighted by Crippen LogP contribution is 2.26. The Morgan fingerprint density at radius 3 is 2.33 bits per heavy atom. The van der Waals surface area contributed by atoms with E-state index in [4.69, 9.17) is 9.84 Å². The zero-order valence-corrected chi connectivity index (χ0v) is 13.5. The molecule has 2 atom stereocenters. The van der Waals surface area contributed by atoms with Crippen LogP contribution in [0.4, 0.5) is 4.79 Å². The number of ether oxygens (including phenoxy) is 1. The van der Waals surface area contributed by atoms with Crippen molar-refractivity contribution in [3.05, 3.63) is 0 Å². The first-order valence-electron chi connectivity index (χ1n) is 7.54. The Morgan fingerprint density at radius 1 is 1.24 bits per heavy atom. The lowest BCUT2D eigenvalue weighted by atomic mass is 9.85. The van der Waals surface area contributed by atoms with E-state index in [1.54, 1.807) is 0 Å². The van der Waals surface area contributed by atoms with Crippen LogP contribution < -0.4 is 5.32 Å². The van der Waals surface area contributed by atoms with E-state index in [-0.39, 0.29) is 18.3 Å². The first-order valence-corrected chi connectivity index (χ1v) is 7.54. The third kappa shape index (κ3) is 7.32. The number of nitrogens with one attached hydrogen (secondary N) is 1. The Kier molecular flexibility index (Phi) is 6.45. The van der Waals surface area contributed by atoms with Crippen LogP contribution in [0.25, 0.3) is 0 Å². The van der Waals surface area contributed by atoms with Crippen molar-refractivity contribution >= 4 is 12.1 Å². The Labute approximate surface area is 126 Å². The molecular weight excluding hydrogens is 272 g/mol. The van der Waals surface area contributed by atoms with Gasteiger partial charge in [0.2, 0.25) is 0 Å². The number of carbonyl (C=O) groups is 2. The van der Waals surface area contributed by atoms with Gasteiger partial charge in [-0.3, -0.25) is 4.79 Å². The molecule has 0 aromatic rings. The van der Waals surface area contributed by atoms with Crippen LogP contribution >= 0.6 is 0 Å². The van der Waals surface area contributed by atoms with Crippen LogP contribution in [0.2, 0.25) is 0 Å². The monoisotopic (exact) mass is 300 g/mol. The number of aliphatic carboxylic acids is 1. The fourth-order valence-electron chi connectivity index (χ4n) is 2.65. The number of alkyl carbamates (subject to hydrolysis) is 1. The van der Waals surface area contributed by atoms with Gasteiger partial charge in [-0.25, -0.2) is 4.79 Å². The molecule has 2 N–H and O–H groups in total. The highest BCUT2D eigenvalue weighted by Gasteiger charge is 2.28. The number of likely N-dealkylation sites (tertiary alicyclic amines) is 1. The minimum Gasteiger partial charge on any atom is -0.481 e. The van der Waals surface area contributed by atoms with Gasteiger partial charge in [0, 0.05) is 13.0 Å². The van der Waals surface area contributed by atoms with Gasteiger partial charge in [0.05, 0.1) is 0 Å². The summed E-state index contributed by atoms with van der Waals surface area (Å²) in [6.45, 7) is 7.76. The van der Waals surface area contributed by atoms with Gasteiger partial charge in [-0.2, -0.15) is 0 Å². The van der Waals surface area contributed by atoms with Gasteiger partial charge in [-0.05, 0) is 65.6 Å². The fourth-order valence-corrected chi connectivity index (χ4v) is 2.65. The van der Waals surface area contributed by atoms with Crippen LogP contribution in [-0.2, 0) is 9.53 Å². The largest absolute Gasteiger partial charge is 0.481 e. The van der Waals surface area contributed by atoms with E-state index in [1.165, 1.54) is 0 Å². The standard InChI is InChI=1S/C15H28N2O4/c1-15(2,3)21-14(20)16-10-12-6-8-17(4)7-5-11(12)9-13(18)19/h11-12H,5-10H2,1-4H3,(H,16,20)(H,18,19). The van der Waals surface area contributed by atoms with Crippen molar-refractivity contribution in [2.24, 2.45) is 11.8 Å². The summed E-state index contributed by atoms with van der Waals surface area (Å²) in [5, 5.41) is 11.8. The van der Waals surface area contributed by atoms with Gasteiger partial charge in [-0.15, -0.1) is 0 Å². The highest BCUT2D eigenvalue weighted by atomic mass is 16.6. The summed E-state index contributed by atoms with van der Waals surface area (Å²) in [6.07, 6.45) is 1.47. The van der Waals surface area contributed by atoms with E-state index in [2.05, 4.69) is 10.2 Å². The second kappa shape index (κ2) is 7.64. The minimum absolute atomic E-state index is 0.0994. The van der Waals surface area contributed by atoms with Crippen molar-refractivity contribution < 1.29 is 19.4 Å². The number of carboxylic acid groups (broad SMARTS) is 1. The number of amides is 1. The number of hydrogen-bond donors (Lipinski definition) is 2. The molecule has 0 spiro atoms. The second-order valence-electron chi connectivity index (χ2n) is 6.88. The van der Waals surface area contributed by atoms with Gasteiger partial charge >= 0.3 is 12.1 Å². The molecule has 0 bridgehead atoms. The van der Waals surface area contributed by atoms with Gasteiger partial charge < -0.3 is 20.1 Å². The highest BCUT2D eigenvalue weighted by molar-refractivity contribution is 5.68. The molecule has 1 heterocycles. The lowest BCUT2D eigenvalue weighted by molar-refractivity contribution is -0.138. The van der Waals surface area contributed by atoms with E-state index in [0.29, 0.717) is 6.54 Å². The topological polar surface area (TPSA) is 78.9 Å². The van der Waals surface area contributed by atoms with Gasteiger partial charge in [0.25, 0.3) is 0 Å². The number of nitrogens with zero attached hydrogens (tertiary/aromatic N) is 1. The maximum Gasteiger partial charge on any atom is 0.407 e. The lowest BCUT2D eigenvalue weighted by Crippen LogP contribution is -2.37. The van der Waals surface area contributed by atoms with Crippen molar-refractivity contribution in [1.82, 2.24) is 10.2 Å². The molecule has 0 aromatic carbocycles. The van der Waals surface area contributed by atoms with Gasteiger partial charge in [-0.1, -0.05) is 0 Å². The summed E-state index contributed by atoms with van der Waals surface area (Å²) in [4.78, 5) is 24.9. The zero-order valence-electron chi connectivity index (χ0n) is 13.5. The van der Waals surface area contributed by atoms with Crippen LogP contribution in [0, 0.1) is 11.8 Å². The van der Waals surface area contributed by atoms with Crippen LogP contribution in [0.15, 0.2) is 0 Å². The summed E-state index contributed by atoms with van der Waals surface area (Å²) in [5.74, 6) is -0.493. The first kappa shape index (κ1) is 17.8. The average Bonchev–Trinajstić information content (AvgIpc) is 2.47. The molecule has 2 unspecified atom stereocenters. The Morgan fingerprint density at radius 2 is 1.81 bits per heavy atom. The third-order valence-electron chi connectivity index (χ3n) is 3.77. The average molecular weight is 300 g/mol. The van der Waals surface area contributed by atoms with Crippen molar-refractivity contribution in [1.29, 1.82) is 0 Å². The molecule has 0 radical (unpaired) electrons. The molecule has 1 rings (SSSR count). The molecule has 21 heavy (non-hydrogen) atoms. The number of rotatable bonds is 4. The van der Waals surface area contributed by atoms with E-state index < -0.39 is 17.7 Å². The van der Waals surface area contributed by atoms with Gasteiger partial charge in [0.1, 0.15) is 5.60 Å². The maximum absolute atomic E-state index is 11.7. The van der Waals surface area contributed by atoms with Crippen molar-refractivity contribution in [2.75, 3.05) is 26.7 Å². The third-order valence-corrected chi connectivity index (χ3v) is 3.77. The van der Waals surface area contributed by atoms with E-state index in [9.17, 15) is 9.59 Å². The Bertz CT molecular complexity index is 365. The number of carbonyl (C=O) groups excluding carboxylic acids is 1. The number of hydrogen-bond acceptors (Lipinski definition) is 4. The lowest BCUT2D eigenvalue weighted by Gasteiger charge is -2.25. The smallest absolute Gasteiger partial charge is 0.407 e. The zero-order chi connectivity index (χ0) is 16.0. The predicted molar refractivity (Wildman–Crippen MR) is 80.2 cm³/mol. The molecule has 0 saturated carbocycles. The van der Waals surface area contributed by atoms with Crippen molar-refractivity contribution in [2.45, 2.75) is 45.6 Å². The number of carboxylic acids is 1. The molecule has 1 fully saturated rings. The van der Waals surface area contributed by atoms with Crippen molar-refractivity contribution in [3.8, 4) is 0 Å². The molecule has 122 valence electrons. The molecule has 6 heteroatoms. The molecule has 1 aliphatic rings. The molecule has 1 aliphatic heterocycles. The SMILES string of the molecule is CN1CCC(CNC(=O)OC(C)(C)C)C(CC(=O)O)CC1. The van der Waals surface area contributed by atoms with E-state index >= 15 is 0 Å². The molecule has 0 aliphatic carbocycles. The minimum atomic E-state index is -0.771. The van der Waals surface area contributed by atoms with Crippen molar-refractivity contribution in [3.63, 3.8) is 0 Å². The summed E-state index contributed by atoms with van der Waals surface area (Å²) < 4.78 is 5.22. The molecule has 6 nitrogen and oxygen atoms in total. The molecule has 1 amide bonds. The van der Waals surface area contributed by atoms with E-state index in [0.717, 1.165) is 25.9 Å². The maximum atomic E-state index is 11.7. The Balaban J connectivity index is 2.54. The predicted octanol–water partition coefficient (Wildman–Crippen LogP) is 1.94. The molecule has 1 saturated heterocycles. The summed E-state index contributed by atoms with van der Waals surface area (Å²) in [6, 6.07) is 0. The first-order chi connectivity index (χ1) is 9.67. The molecular formula is C15H28N2O4. The summed E-state index contributed by atoms with van der Waals surface area (Å²) >= 11 is 0. The quantitative estimate of drug-likeness (QED) is 0.829. The van der Waals surface area contributed by atoms with E-state index in [1.807, 2.05) is 27.8 Å². The fraction of sp³-hybridized carbons (Fsp3) is 0.867.